The van der Waals surface area contributed by atoms with E-state index in [1.165, 1.54) is 0 Å². The summed E-state index contributed by atoms with van der Waals surface area (Å²) in [4.78, 5) is 22.0. The van der Waals surface area contributed by atoms with E-state index in [-0.39, 0.29) is 39.1 Å². The Labute approximate surface area is 328 Å². The number of carboxylic acid groups (broad SMARTS) is 1. The van der Waals surface area contributed by atoms with E-state index < -0.39 is 12.1 Å². The number of amides is 1. The number of aliphatic hydroxyl groups is 1. The van der Waals surface area contributed by atoms with Crippen LogP contribution in [0.5, 0.6) is 0 Å². The smallest absolute Gasteiger partial charge is 0.407 e. The number of carboxylic acids is 1. The van der Waals surface area contributed by atoms with Crippen LogP contribution in [0, 0.1) is 0 Å². The minimum atomic E-state index is -0.881. The lowest BCUT2D eigenvalue weighted by molar-refractivity contribution is -0.138. The molecule has 0 aliphatic rings. The Bertz CT molecular complexity index is 1010. The molecule has 1 heterocycles. The predicted molar refractivity (Wildman–Crippen MR) is 194 cm³/mol. The van der Waals surface area contributed by atoms with E-state index in [9.17, 15) is 9.59 Å². The van der Waals surface area contributed by atoms with E-state index in [4.69, 9.17) is 71.8 Å². The average molecular weight is 814 g/mol. The van der Waals surface area contributed by atoms with Gasteiger partial charge in [0.05, 0.1) is 172 Å². The molecule has 0 aliphatic heterocycles. The fraction of sp³-hybridized carbons (Fsp3) is 0.882. The summed E-state index contributed by atoms with van der Waals surface area (Å²) in [5.41, 5.74) is 0. The van der Waals surface area contributed by atoms with Crippen LogP contribution in [-0.4, -0.2) is 221 Å². The molecule has 0 aliphatic carbocycles. The van der Waals surface area contributed by atoms with Crippen molar-refractivity contribution in [2.24, 2.45) is 0 Å². The first-order chi connectivity index (χ1) is 27.6. The van der Waals surface area contributed by atoms with E-state index in [1.807, 2.05) is 0 Å². The maximum absolute atomic E-state index is 11.7. The lowest BCUT2D eigenvalue weighted by Crippen LogP contribution is -2.29. The van der Waals surface area contributed by atoms with Gasteiger partial charge in [0.1, 0.15) is 6.61 Å². The molecule has 1 amide bonds. The van der Waals surface area contributed by atoms with Crippen LogP contribution in [0.1, 0.15) is 18.1 Å². The van der Waals surface area contributed by atoms with Crippen LogP contribution in [0.2, 0.25) is 0 Å². The van der Waals surface area contributed by atoms with E-state index in [0.29, 0.717) is 170 Å². The van der Waals surface area contributed by atoms with E-state index >= 15 is 0 Å². The molecule has 22 heteroatoms. The quantitative estimate of drug-likeness (QED) is 0.0650. The molecule has 0 aromatic carbocycles. The monoisotopic (exact) mass is 813 g/mol. The molecule has 1 aromatic heterocycles. The first kappa shape index (κ1) is 51.2. The Hall–Kier alpha value is -2.84. The van der Waals surface area contributed by atoms with Crippen molar-refractivity contribution in [2.75, 3.05) is 178 Å². The van der Waals surface area contributed by atoms with Gasteiger partial charge in [-0.15, -0.1) is 20.4 Å². The summed E-state index contributed by atoms with van der Waals surface area (Å²) in [5, 5.41) is 35.3. The molecule has 0 radical (unpaired) electrons. The van der Waals surface area contributed by atoms with Gasteiger partial charge in [0, 0.05) is 19.4 Å². The first-order valence-electron chi connectivity index (χ1n) is 18.8. The van der Waals surface area contributed by atoms with Crippen LogP contribution in [0.25, 0.3) is 0 Å². The van der Waals surface area contributed by atoms with Gasteiger partial charge >= 0.3 is 12.1 Å². The molecule has 0 atom stereocenters. The fourth-order valence-corrected chi connectivity index (χ4v) is 3.76. The van der Waals surface area contributed by atoms with Crippen molar-refractivity contribution in [1.82, 2.24) is 25.7 Å². The number of aliphatic hydroxyl groups excluding tert-OH is 1. The van der Waals surface area contributed by atoms with E-state index in [1.54, 1.807) is 0 Å². The summed E-state index contributed by atoms with van der Waals surface area (Å²) < 4.78 is 69.9. The topological polar surface area (TPSA) is 258 Å². The van der Waals surface area contributed by atoms with Crippen LogP contribution in [0.4, 0.5) is 4.79 Å². The van der Waals surface area contributed by atoms with E-state index in [2.05, 4.69) is 25.7 Å². The highest BCUT2D eigenvalue weighted by Gasteiger charge is 2.05. The number of carbonyl (C=O) groups excluding carboxylic acids is 1. The van der Waals surface area contributed by atoms with Gasteiger partial charge in [-0.2, -0.15) is 0 Å². The number of aliphatic carboxylic acids is 1. The van der Waals surface area contributed by atoms with Crippen molar-refractivity contribution in [2.45, 2.75) is 19.3 Å². The fourth-order valence-electron chi connectivity index (χ4n) is 3.76. The molecule has 3 N–H and O–H groups in total. The van der Waals surface area contributed by atoms with Gasteiger partial charge in [0.2, 0.25) is 0 Å². The van der Waals surface area contributed by atoms with Crippen LogP contribution in [-0.2, 0) is 79.2 Å². The Kier molecular flexibility index (Phi) is 38.2. The van der Waals surface area contributed by atoms with Gasteiger partial charge in [0.15, 0.2) is 11.6 Å². The number of ether oxygens (including phenoxy) is 13. The minimum Gasteiger partial charge on any atom is -0.481 e. The molecular weight excluding hydrogens is 750 g/mol. The maximum Gasteiger partial charge on any atom is 0.407 e. The van der Waals surface area contributed by atoms with Crippen molar-refractivity contribution in [3.8, 4) is 0 Å². The summed E-state index contributed by atoms with van der Waals surface area (Å²) in [6, 6.07) is 0. The van der Waals surface area contributed by atoms with Gasteiger partial charge in [0.25, 0.3) is 0 Å². The second-order valence-corrected chi connectivity index (χ2v) is 11.0. The lowest BCUT2D eigenvalue weighted by Gasteiger charge is -2.09. The Morgan fingerprint density at radius 1 is 0.411 bits per heavy atom. The molecule has 0 unspecified atom stereocenters. The summed E-state index contributed by atoms with van der Waals surface area (Å²) in [6.45, 7) is 10.6. The summed E-state index contributed by atoms with van der Waals surface area (Å²) in [7, 11) is 0. The van der Waals surface area contributed by atoms with Gasteiger partial charge in [-0.25, -0.2) is 4.79 Å². The SMILES string of the molecule is O=C(O)CCOCCOCCOCCOCCOCCOCCOCCOCCOCCOCCOCCOCCNC(=O)OCCc1nnc(CCO)nn1. The van der Waals surface area contributed by atoms with Crippen LogP contribution in [0.3, 0.4) is 0 Å². The van der Waals surface area contributed by atoms with Crippen molar-refractivity contribution in [3.63, 3.8) is 0 Å². The van der Waals surface area contributed by atoms with Gasteiger partial charge < -0.3 is 77.1 Å². The summed E-state index contributed by atoms with van der Waals surface area (Å²) >= 11 is 0. The lowest BCUT2D eigenvalue weighted by atomic mass is 10.4. The molecule has 56 heavy (non-hydrogen) atoms. The van der Waals surface area contributed by atoms with Crippen LogP contribution >= 0.6 is 0 Å². The standard InChI is InChI=1S/C34H63N5O17/c40-5-1-31-36-38-32(39-37-31)2-7-56-34(43)35-4-8-45-10-12-47-14-16-49-18-20-51-22-24-53-26-28-55-30-29-54-27-25-52-23-21-50-19-17-48-15-13-46-11-9-44-6-3-33(41)42/h40H,1-30H2,(H,35,43)(H,41,42). The summed E-state index contributed by atoms with van der Waals surface area (Å²) in [5.74, 6) is -0.184. The minimum absolute atomic E-state index is 0.0106. The Balaban J connectivity index is 1.65. The number of hydrogen-bond donors (Lipinski definition) is 3. The third kappa shape index (κ3) is 38.1. The number of carbonyl (C=O) groups is 2. The molecule has 1 aromatic rings. The summed E-state index contributed by atoms with van der Waals surface area (Å²) in [6.07, 6.45) is -0.0209. The Morgan fingerprint density at radius 2 is 0.696 bits per heavy atom. The maximum atomic E-state index is 11.7. The normalized spacial score (nSPS) is 11.3. The van der Waals surface area contributed by atoms with Crippen molar-refractivity contribution >= 4 is 12.1 Å². The third-order valence-electron chi connectivity index (χ3n) is 6.52. The molecule has 326 valence electrons. The van der Waals surface area contributed by atoms with Gasteiger partial charge in [-0.05, 0) is 0 Å². The van der Waals surface area contributed by atoms with Gasteiger partial charge in [-0.3, -0.25) is 4.79 Å². The van der Waals surface area contributed by atoms with Gasteiger partial charge in [-0.1, -0.05) is 0 Å². The Morgan fingerprint density at radius 3 is 1.00 bits per heavy atom. The number of nitrogens with one attached hydrogen (secondary N) is 1. The molecule has 0 saturated heterocycles. The van der Waals surface area contributed by atoms with E-state index in [0.717, 1.165) is 0 Å². The molecule has 0 fully saturated rings. The molecular formula is C34H63N5O17. The zero-order valence-corrected chi connectivity index (χ0v) is 32.5. The molecule has 0 bridgehead atoms. The molecule has 1 rings (SSSR count). The number of alkyl carbamates (subject to hydrolysis) is 1. The highest BCUT2D eigenvalue weighted by atomic mass is 16.6. The number of hydrogen-bond acceptors (Lipinski definition) is 20. The highest BCUT2D eigenvalue weighted by Crippen LogP contribution is 1.92. The number of rotatable bonds is 44. The zero-order valence-electron chi connectivity index (χ0n) is 32.5. The van der Waals surface area contributed by atoms with Crippen molar-refractivity contribution in [1.29, 1.82) is 0 Å². The molecule has 0 spiro atoms. The highest BCUT2D eigenvalue weighted by molar-refractivity contribution is 5.67. The second kappa shape index (κ2) is 41.8. The average Bonchev–Trinajstić information content (AvgIpc) is 3.19. The largest absolute Gasteiger partial charge is 0.481 e. The molecule has 0 saturated carbocycles. The van der Waals surface area contributed by atoms with Crippen molar-refractivity contribution in [3.05, 3.63) is 11.6 Å². The second-order valence-electron chi connectivity index (χ2n) is 11.0. The van der Waals surface area contributed by atoms with Crippen LogP contribution < -0.4 is 5.32 Å². The first-order valence-corrected chi connectivity index (χ1v) is 18.8. The zero-order chi connectivity index (χ0) is 40.3. The van der Waals surface area contributed by atoms with Crippen molar-refractivity contribution < 1.29 is 81.4 Å². The third-order valence-corrected chi connectivity index (χ3v) is 6.52. The predicted octanol–water partition coefficient (Wildman–Crippen LogP) is -1.26. The number of nitrogens with zero attached hydrogens (tertiary/aromatic N) is 4. The number of aromatic nitrogens is 4. The molecule has 22 nitrogen and oxygen atoms in total. The van der Waals surface area contributed by atoms with Crippen LogP contribution in [0.15, 0.2) is 0 Å².